The zero-order chi connectivity index (χ0) is 15.1. The van der Waals surface area contributed by atoms with Gasteiger partial charge in [0, 0.05) is 29.1 Å². The molecule has 3 nitrogen and oxygen atoms in total. The third kappa shape index (κ3) is 2.49. The molecule has 0 amide bonds. The van der Waals surface area contributed by atoms with Crippen LogP contribution in [0.2, 0.25) is 0 Å². The van der Waals surface area contributed by atoms with Crippen LogP contribution >= 0.6 is 0 Å². The summed E-state index contributed by atoms with van der Waals surface area (Å²) in [7, 11) is 0. The van der Waals surface area contributed by atoms with E-state index >= 15 is 0 Å². The molecule has 0 aliphatic carbocycles. The van der Waals surface area contributed by atoms with E-state index in [1.165, 1.54) is 35.0 Å². The lowest BCUT2D eigenvalue weighted by atomic mass is 9.96. The van der Waals surface area contributed by atoms with E-state index in [9.17, 15) is 13.6 Å². The van der Waals surface area contributed by atoms with Crippen LogP contribution in [-0.2, 0) is 5.54 Å². The van der Waals surface area contributed by atoms with Gasteiger partial charge < -0.3 is 10.3 Å². The van der Waals surface area contributed by atoms with Gasteiger partial charge in [0.2, 0.25) is 0 Å². The lowest BCUT2D eigenvalue weighted by Crippen LogP contribution is -2.35. The Bertz CT molecular complexity index is 695. The van der Waals surface area contributed by atoms with Gasteiger partial charge in [0.15, 0.2) is 5.43 Å². The minimum atomic E-state index is -0.895. The summed E-state index contributed by atoms with van der Waals surface area (Å²) < 4.78 is 29.1. The smallest absolute Gasteiger partial charge is 0.186 e. The number of aryl methyl sites for hydroxylation is 1. The van der Waals surface area contributed by atoms with Crippen molar-refractivity contribution in [3.8, 4) is 5.69 Å². The summed E-state index contributed by atoms with van der Waals surface area (Å²) in [4.78, 5) is 12.0. The van der Waals surface area contributed by atoms with Gasteiger partial charge in [-0.3, -0.25) is 4.79 Å². The van der Waals surface area contributed by atoms with Crippen LogP contribution in [0.1, 0.15) is 25.1 Å². The quantitative estimate of drug-likeness (QED) is 0.918. The van der Waals surface area contributed by atoms with Crippen molar-refractivity contribution in [2.75, 3.05) is 0 Å². The van der Waals surface area contributed by atoms with E-state index in [0.717, 1.165) is 0 Å². The molecule has 1 heterocycles. The van der Waals surface area contributed by atoms with Crippen LogP contribution in [0.4, 0.5) is 8.78 Å². The summed E-state index contributed by atoms with van der Waals surface area (Å²) in [6.45, 7) is 4.95. The molecule has 20 heavy (non-hydrogen) atoms. The van der Waals surface area contributed by atoms with Crippen molar-refractivity contribution in [3.63, 3.8) is 0 Å². The van der Waals surface area contributed by atoms with Gasteiger partial charge in [-0.05, 0) is 32.9 Å². The van der Waals surface area contributed by atoms with Crippen molar-refractivity contribution in [1.29, 1.82) is 0 Å². The molecule has 2 N–H and O–H groups in total. The van der Waals surface area contributed by atoms with Crippen LogP contribution < -0.4 is 11.2 Å². The van der Waals surface area contributed by atoms with Gasteiger partial charge in [-0.1, -0.05) is 6.07 Å². The van der Waals surface area contributed by atoms with E-state index in [2.05, 4.69) is 0 Å². The van der Waals surface area contributed by atoms with Gasteiger partial charge in [0.05, 0.1) is 0 Å². The van der Waals surface area contributed by atoms with Crippen LogP contribution in [0.5, 0.6) is 0 Å². The molecule has 2 aromatic rings. The van der Waals surface area contributed by atoms with Crippen LogP contribution in [0.15, 0.2) is 35.3 Å². The molecule has 0 saturated heterocycles. The number of para-hydroxylation sites is 1. The predicted molar refractivity (Wildman–Crippen MR) is 73.9 cm³/mol. The van der Waals surface area contributed by atoms with Crippen LogP contribution in [0, 0.1) is 18.6 Å². The van der Waals surface area contributed by atoms with Crippen molar-refractivity contribution in [3.05, 3.63) is 63.6 Å². The van der Waals surface area contributed by atoms with Gasteiger partial charge in [0.1, 0.15) is 17.3 Å². The predicted octanol–water partition coefficient (Wildman–Crippen LogP) is 2.62. The summed E-state index contributed by atoms with van der Waals surface area (Å²) in [6, 6.07) is 4.96. The van der Waals surface area contributed by atoms with Gasteiger partial charge in [-0.25, -0.2) is 8.78 Å². The van der Waals surface area contributed by atoms with Gasteiger partial charge in [0.25, 0.3) is 0 Å². The number of halogens is 2. The second kappa shape index (κ2) is 4.83. The Morgan fingerprint density at radius 3 is 2.25 bits per heavy atom. The highest BCUT2D eigenvalue weighted by Crippen LogP contribution is 2.21. The molecule has 0 fully saturated rings. The lowest BCUT2D eigenvalue weighted by molar-refractivity contribution is 0.537. The fourth-order valence-corrected chi connectivity index (χ4v) is 2.08. The van der Waals surface area contributed by atoms with Gasteiger partial charge in [-0.2, -0.15) is 0 Å². The largest absolute Gasteiger partial charge is 0.322 e. The first-order chi connectivity index (χ1) is 9.21. The Balaban J connectivity index is 2.79. The first-order valence-corrected chi connectivity index (χ1v) is 6.19. The van der Waals surface area contributed by atoms with Crippen molar-refractivity contribution >= 4 is 0 Å². The number of nitrogens with zero attached hydrogens (tertiary/aromatic N) is 1. The Morgan fingerprint density at radius 1 is 1.20 bits per heavy atom. The molecular formula is C15H16F2N2O. The number of nitrogens with two attached hydrogens (primary N) is 1. The Hall–Kier alpha value is -2.01. The highest BCUT2D eigenvalue weighted by atomic mass is 19.1. The maximum atomic E-state index is 13.9. The molecule has 106 valence electrons. The number of pyridine rings is 1. The normalized spacial score (nSPS) is 11.7. The van der Waals surface area contributed by atoms with Gasteiger partial charge in [-0.15, -0.1) is 0 Å². The van der Waals surface area contributed by atoms with Gasteiger partial charge >= 0.3 is 0 Å². The van der Waals surface area contributed by atoms with Crippen molar-refractivity contribution in [1.82, 2.24) is 4.57 Å². The second-order valence-electron chi connectivity index (χ2n) is 5.35. The SMILES string of the molecule is Cc1cc(=O)c(C(C)(C)N)cn1-c1c(F)cccc1F. The standard InChI is InChI=1S/C15H16F2N2O/c1-9-7-13(20)10(15(2,3)18)8-19(9)14-11(16)5-4-6-12(14)17/h4-8H,18H2,1-3H3. The topological polar surface area (TPSA) is 48.0 Å². The summed E-state index contributed by atoms with van der Waals surface area (Å²) in [5, 5.41) is 0. The van der Waals surface area contributed by atoms with Crippen LogP contribution in [0.3, 0.4) is 0 Å². The Morgan fingerprint density at radius 2 is 1.75 bits per heavy atom. The monoisotopic (exact) mass is 278 g/mol. The molecule has 0 aliphatic heterocycles. The maximum Gasteiger partial charge on any atom is 0.186 e. The average Bonchev–Trinajstić information content (AvgIpc) is 2.29. The fourth-order valence-electron chi connectivity index (χ4n) is 2.08. The fraction of sp³-hybridized carbons (Fsp3) is 0.267. The number of hydrogen-bond acceptors (Lipinski definition) is 2. The summed E-state index contributed by atoms with van der Waals surface area (Å²) in [5.41, 5.74) is 5.31. The number of rotatable bonds is 2. The minimum Gasteiger partial charge on any atom is -0.322 e. The molecule has 0 atom stereocenters. The molecule has 2 rings (SSSR count). The molecule has 1 aromatic heterocycles. The number of hydrogen-bond donors (Lipinski definition) is 1. The molecular weight excluding hydrogens is 262 g/mol. The van der Waals surface area contributed by atoms with Crippen LogP contribution in [0.25, 0.3) is 5.69 Å². The Labute approximate surface area is 115 Å². The average molecular weight is 278 g/mol. The highest BCUT2D eigenvalue weighted by Gasteiger charge is 2.21. The Kier molecular flexibility index (Phi) is 3.48. The molecule has 0 saturated carbocycles. The third-order valence-electron chi connectivity index (χ3n) is 3.12. The maximum absolute atomic E-state index is 13.9. The third-order valence-corrected chi connectivity index (χ3v) is 3.12. The molecule has 0 radical (unpaired) electrons. The summed E-state index contributed by atoms with van der Waals surface area (Å²) >= 11 is 0. The molecule has 5 heteroatoms. The van der Waals surface area contributed by atoms with Crippen molar-refractivity contribution in [2.45, 2.75) is 26.3 Å². The zero-order valence-corrected chi connectivity index (χ0v) is 11.6. The van der Waals surface area contributed by atoms with E-state index in [1.54, 1.807) is 20.8 Å². The number of aromatic nitrogens is 1. The molecule has 0 aliphatic rings. The van der Waals surface area contributed by atoms with Crippen molar-refractivity contribution in [2.24, 2.45) is 5.73 Å². The van der Waals surface area contributed by atoms with E-state index in [4.69, 9.17) is 5.73 Å². The van der Waals surface area contributed by atoms with E-state index in [1.807, 2.05) is 0 Å². The molecule has 0 spiro atoms. The summed E-state index contributed by atoms with van der Waals surface area (Å²) in [6.07, 6.45) is 1.40. The van der Waals surface area contributed by atoms with E-state index < -0.39 is 17.2 Å². The summed E-state index contributed by atoms with van der Waals surface area (Å²) in [5.74, 6) is -1.39. The highest BCUT2D eigenvalue weighted by molar-refractivity contribution is 5.39. The molecule has 1 aromatic carbocycles. The first kappa shape index (κ1) is 14.4. The second-order valence-corrected chi connectivity index (χ2v) is 5.35. The molecule has 0 unspecified atom stereocenters. The van der Waals surface area contributed by atoms with Crippen molar-refractivity contribution < 1.29 is 8.78 Å². The lowest BCUT2D eigenvalue weighted by Gasteiger charge is -2.21. The molecule has 0 bridgehead atoms. The first-order valence-electron chi connectivity index (χ1n) is 6.19. The number of benzene rings is 1. The zero-order valence-electron chi connectivity index (χ0n) is 11.6. The van der Waals surface area contributed by atoms with E-state index in [0.29, 0.717) is 11.3 Å². The van der Waals surface area contributed by atoms with Crippen LogP contribution in [-0.4, -0.2) is 4.57 Å². The van der Waals surface area contributed by atoms with E-state index in [-0.39, 0.29) is 11.1 Å². The minimum absolute atomic E-state index is 0.212.